The lowest BCUT2D eigenvalue weighted by atomic mass is 10.1. The van der Waals surface area contributed by atoms with Crippen LogP contribution in [0.25, 0.3) is 10.4 Å². The first-order chi connectivity index (χ1) is 21.5. The van der Waals surface area contributed by atoms with Gasteiger partial charge >= 0.3 is 23.6 Å². The molecule has 2 amide bonds. The molecule has 4 heterocycles. The molecule has 5 atom stereocenters. The molecule has 19 heteroatoms. The summed E-state index contributed by atoms with van der Waals surface area (Å²) in [6.07, 6.45) is 2.85. The van der Waals surface area contributed by atoms with E-state index in [1.807, 2.05) is 0 Å². The first-order valence-corrected chi connectivity index (χ1v) is 14.0. The first-order valence-electron chi connectivity index (χ1n) is 14.0. The number of alkyl carbamates (subject to hydrolysis) is 2. The average Bonchev–Trinajstić information content (AvgIpc) is 3.64. The highest BCUT2D eigenvalue weighted by Gasteiger charge is 2.37. The van der Waals surface area contributed by atoms with E-state index in [9.17, 15) is 28.8 Å². The van der Waals surface area contributed by atoms with Crippen molar-refractivity contribution in [3.63, 3.8) is 0 Å². The summed E-state index contributed by atoms with van der Waals surface area (Å²) >= 11 is 0. The van der Waals surface area contributed by atoms with Crippen molar-refractivity contribution >= 4 is 12.2 Å². The Balaban J connectivity index is 1.09. The van der Waals surface area contributed by atoms with Gasteiger partial charge in [0.1, 0.15) is 31.6 Å². The SMILES string of the molecule is Cc1cn([C@H]2C=C[C@@H](COC(=O)NCCCCNC(=O)OC[C@H]3O[C@@H](n4cc(C)c(=O)[nH]c4=O)CC3N=[N+]=[N-])O2)c(=O)[nH]c1=O. The second kappa shape index (κ2) is 15.0. The Morgan fingerprint density at radius 1 is 0.933 bits per heavy atom. The largest absolute Gasteiger partial charge is 0.447 e. The van der Waals surface area contributed by atoms with E-state index in [0.29, 0.717) is 24.0 Å². The van der Waals surface area contributed by atoms with Crippen molar-refractivity contribution < 1.29 is 28.5 Å². The molecule has 45 heavy (non-hydrogen) atoms. The number of amides is 2. The Morgan fingerprint density at radius 2 is 1.51 bits per heavy atom. The number of aromatic amines is 2. The van der Waals surface area contributed by atoms with Gasteiger partial charge in [-0.2, -0.15) is 0 Å². The standard InChI is InChI=1S/C26H33N9O10/c1-14-10-34(23(38)30-21(14)36)19-6-5-16(44-19)12-42-25(40)28-7-3-4-8-29-26(41)43-13-18-17(32-33-27)9-20(45-18)35-11-15(2)22(37)31-24(35)39/h5-6,10-11,16-20H,3-4,7-9,12-13H2,1-2H3,(H,28,40)(H,29,41)(H,30,36,38)(H,31,37,39)/t16-,17?,18+,19+,20+/m0/s1. The Labute approximate surface area is 253 Å². The summed E-state index contributed by atoms with van der Waals surface area (Å²) < 4.78 is 24.2. The van der Waals surface area contributed by atoms with Crippen LogP contribution in [0, 0.1) is 13.8 Å². The fourth-order valence-corrected chi connectivity index (χ4v) is 4.59. The molecule has 0 bridgehead atoms. The molecule has 0 spiro atoms. The van der Waals surface area contributed by atoms with E-state index in [1.165, 1.54) is 28.5 Å². The zero-order valence-electron chi connectivity index (χ0n) is 24.5. The van der Waals surface area contributed by atoms with Gasteiger partial charge in [0, 0.05) is 47.9 Å². The molecule has 0 radical (unpaired) electrons. The van der Waals surface area contributed by atoms with E-state index >= 15 is 0 Å². The highest BCUT2D eigenvalue weighted by molar-refractivity contribution is 5.67. The molecule has 0 aromatic carbocycles. The molecule has 1 saturated heterocycles. The first kappa shape index (κ1) is 32.8. The van der Waals surface area contributed by atoms with Crippen LogP contribution in [0.3, 0.4) is 0 Å². The minimum atomic E-state index is -0.823. The summed E-state index contributed by atoms with van der Waals surface area (Å²) in [5.74, 6) is 0. The number of aromatic nitrogens is 4. The van der Waals surface area contributed by atoms with Gasteiger partial charge in [-0.3, -0.25) is 28.7 Å². The Morgan fingerprint density at radius 3 is 2.13 bits per heavy atom. The predicted molar refractivity (Wildman–Crippen MR) is 155 cm³/mol. The number of unbranched alkanes of at least 4 members (excludes halogenated alkanes) is 1. The predicted octanol–water partition coefficient (Wildman–Crippen LogP) is 0.356. The molecule has 2 aliphatic heterocycles. The number of azide groups is 1. The van der Waals surface area contributed by atoms with E-state index in [0.717, 1.165) is 0 Å². The molecular weight excluding hydrogens is 598 g/mol. The van der Waals surface area contributed by atoms with Crippen LogP contribution in [0.1, 0.15) is 42.8 Å². The van der Waals surface area contributed by atoms with Crippen LogP contribution < -0.4 is 33.1 Å². The molecule has 1 unspecified atom stereocenters. The third-order valence-corrected chi connectivity index (χ3v) is 6.98. The lowest BCUT2D eigenvalue weighted by Crippen LogP contribution is -2.34. The molecule has 242 valence electrons. The van der Waals surface area contributed by atoms with Crippen LogP contribution in [0.2, 0.25) is 0 Å². The van der Waals surface area contributed by atoms with Gasteiger partial charge in [0.05, 0.1) is 6.04 Å². The van der Waals surface area contributed by atoms with Crippen molar-refractivity contribution in [3.05, 3.63) is 87.8 Å². The molecule has 1 fully saturated rings. The average molecular weight is 632 g/mol. The van der Waals surface area contributed by atoms with E-state index in [4.69, 9.17) is 24.5 Å². The number of carbonyl (C=O) groups is 2. The monoisotopic (exact) mass is 631 g/mol. The lowest BCUT2D eigenvalue weighted by molar-refractivity contribution is -0.0307. The minimum absolute atomic E-state index is 0.0868. The van der Waals surface area contributed by atoms with E-state index in [2.05, 4.69) is 30.6 Å². The second-order valence-electron chi connectivity index (χ2n) is 10.3. The van der Waals surface area contributed by atoms with Crippen LogP contribution in [-0.2, 0) is 18.9 Å². The fraction of sp³-hybridized carbons (Fsp3) is 0.538. The molecule has 2 aromatic rings. The van der Waals surface area contributed by atoms with Crippen LogP contribution in [0.4, 0.5) is 9.59 Å². The van der Waals surface area contributed by atoms with Crippen LogP contribution >= 0.6 is 0 Å². The summed E-state index contributed by atoms with van der Waals surface area (Å²) in [7, 11) is 0. The molecule has 0 aliphatic carbocycles. The zero-order valence-corrected chi connectivity index (χ0v) is 24.5. The highest BCUT2D eigenvalue weighted by atomic mass is 16.6. The minimum Gasteiger partial charge on any atom is -0.447 e. The van der Waals surface area contributed by atoms with Crippen LogP contribution in [0.15, 0.2) is 48.8 Å². The number of ether oxygens (including phenoxy) is 4. The molecule has 4 rings (SSSR count). The summed E-state index contributed by atoms with van der Waals surface area (Å²) in [5.41, 5.74) is 7.26. The number of aryl methyl sites for hydroxylation is 2. The van der Waals surface area contributed by atoms with Crippen molar-refractivity contribution in [2.75, 3.05) is 26.3 Å². The van der Waals surface area contributed by atoms with Crippen molar-refractivity contribution in [1.29, 1.82) is 0 Å². The van der Waals surface area contributed by atoms with Crippen molar-refractivity contribution in [2.45, 2.75) is 63.8 Å². The molecule has 2 aliphatic rings. The maximum atomic E-state index is 12.2. The fourth-order valence-electron chi connectivity index (χ4n) is 4.59. The number of hydrogen-bond donors (Lipinski definition) is 4. The number of H-pyrrole nitrogens is 2. The van der Waals surface area contributed by atoms with Gasteiger partial charge in [-0.25, -0.2) is 19.2 Å². The molecule has 19 nitrogen and oxygen atoms in total. The van der Waals surface area contributed by atoms with Crippen molar-refractivity contribution in [1.82, 2.24) is 29.7 Å². The number of nitrogens with zero attached hydrogens (tertiary/aromatic N) is 5. The van der Waals surface area contributed by atoms with Gasteiger partial charge < -0.3 is 29.6 Å². The number of carbonyl (C=O) groups excluding carboxylic acids is 2. The number of nitrogens with one attached hydrogen (secondary N) is 4. The van der Waals surface area contributed by atoms with E-state index < -0.39 is 65.4 Å². The molecule has 4 N–H and O–H groups in total. The van der Waals surface area contributed by atoms with Gasteiger partial charge in [0.2, 0.25) is 0 Å². The summed E-state index contributed by atoms with van der Waals surface area (Å²) in [6, 6.07) is -0.708. The van der Waals surface area contributed by atoms with Gasteiger partial charge in [0.15, 0.2) is 6.23 Å². The van der Waals surface area contributed by atoms with E-state index in [-0.39, 0.29) is 32.7 Å². The summed E-state index contributed by atoms with van der Waals surface area (Å²) in [6.45, 7) is 3.30. The van der Waals surface area contributed by atoms with Gasteiger partial charge in [0.25, 0.3) is 11.1 Å². The van der Waals surface area contributed by atoms with Crippen LogP contribution in [0.5, 0.6) is 0 Å². The third kappa shape index (κ3) is 8.71. The third-order valence-electron chi connectivity index (χ3n) is 6.98. The number of hydrogen-bond acceptors (Lipinski definition) is 11. The quantitative estimate of drug-likeness (QED) is 0.0822. The van der Waals surface area contributed by atoms with Crippen LogP contribution in [-0.4, -0.2) is 75.8 Å². The smallest absolute Gasteiger partial charge is 0.407 e. The Bertz CT molecular complexity index is 1700. The Kier molecular flexibility index (Phi) is 11.0. The molecule has 2 aromatic heterocycles. The van der Waals surface area contributed by atoms with Gasteiger partial charge in [-0.1, -0.05) is 11.2 Å². The maximum absolute atomic E-state index is 12.2. The molecule has 0 saturated carbocycles. The Hall–Kier alpha value is -5.13. The molecular formula is C26H33N9O10. The lowest BCUT2D eigenvalue weighted by Gasteiger charge is -2.17. The highest BCUT2D eigenvalue weighted by Crippen LogP contribution is 2.30. The topological polar surface area (TPSA) is 254 Å². The van der Waals surface area contributed by atoms with Crippen molar-refractivity contribution in [3.8, 4) is 0 Å². The van der Waals surface area contributed by atoms with Gasteiger partial charge in [-0.05, 0) is 38.3 Å². The normalized spacial score (nSPS) is 22.0. The van der Waals surface area contributed by atoms with Crippen molar-refractivity contribution in [2.24, 2.45) is 5.11 Å². The van der Waals surface area contributed by atoms with Gasteiger partial charge in [-0.15, -0.1) is 0 Å². The summed E-state index contributed by atoms with van der Waals surface area (Å²) in [4.78, 5) is 78.7. The second-order valence-corrected chi connectivity index (χ2v) is 10.3. The number of rotatable bonds is 12. The van der Waals surface area contributed by atoms with E-state index in [1.54, 1.807) is 19.1 Å². The maximum Gasteiger partial charge on any atom is 0.407 e. The zero-order chi connectivity index (χ0) is 32.5. The summed E-state index contributed by atoms with van der Waals surface area (Å²) in [5, 5.41) is 8.84.